The highest BCUT2D eigenvalue weighted by atomic mass is 19.1. The number of aliphatic hydroxyl groups excluding tert-OH is 1. The Hall–Kier alpha value is -1.87. The van der Waals surface area contributed by atoms with Gasteiger partial charge in [0.15, 0.2) is 0 Å². The Labute approximate surface area is 112 Å². The van der Waals surface area contributed by atoms with Crippen molar-refractivity contribution < 1.29 is 14.6 Å². The van der Waals surface area contributed by atoms with Gasteiger partial charge in [0.1, 0.15) is 11.6 Å². The summed E-state index contributed by atoms with van der Waals surface area (Å²) in [6, 6.07) is 13.4. The first-order chi connectivity index (χ1) is 9.17. The Morgan fingerprint density at radius 2 is 1.63 bits per heavy atom. The van der Waals surface area contributed by atoms with Crippen LogP contribution in [0.2, 0.25) is 0 Å². The predicted molar refractivity (Wildman–Crippen MR) is 72.5 cm³/mol. The number of aliphatic hydroxyl groups is 1. The van der Waals surface area contributed by atoms with Crippen LogP contribution in [0.25, 0.3) is 0 Å². The predicted octanol–water partition coefficient (Wildman–Crippen LogP) is 2.93. The van der Waals surface area contributed by atoms with Crippen LogP contribution in [0, 0.1) is 11.7 Å². The molecule has 0 heterocycles. The van der Waals surface area contributed by atoms with Gasteiger partial charge in [0.2, 0.25) is 0 Å². The quantitative estimate of drug-likeness (QED) is 0.867. The third-order valence-corrected chi connectivity index (χ3v) is 3.13. The van der Waals surface area contributed by atoms with Gasteiger partial charge in [-0.3, -0.25) is 0 Å². The van der Waals surface area contributed by atoms with Gasteiger partial charge in [-0.15, -0.1) is 0 Å². The molecule has 0 saturated carbocycles. The molecule has 2 aromatic carbocycles. The molecule has 0 aliphatic carbocycles. The summed E-state index contributed by atoms with van der Waals surface area (Å²) in [5, 5.41) is 18.9. The van der Waals surface area contributed by atoms with Gasteiger partial charge in [-0.05, 0) is 54.2 Å². The number of benzene rings is 2. The number of hydrogen-bond acceptors (Lipinski definition) is 2. The van der Waals surface area contributed by atoms with Crippen LogP contribution in [-0.4, -0.2) is 16.8 Å². The maximum absolute atomic E-state index is 12.8. The van der Waals surface area contributed by atoms with Gasteiger partial charge in [0.25, 0.3) is 0 Å². The van der Waals surface area contributed by atoms with E-state index < -0.39 is 0 Å². The van der Waals surface area contributed by atoms with Crippen molar-refractivity contribution >= 4 is 0 Å². The summed E-state index contributed by atoms with van der Waals surface area (Å²) >= 11 is 0. The van der Waals surface area contributed by atoms with Gasteiger partial charge >= 0.3 is 0 Å². The van der Waals surface area contributed by atoms with E-state index in [0.29, 0.717) is 12.8 Å². The summed E-state index contributed by atoms with van der Waals surface area (Å²) in [4.78, 5) is 0. The van der Waals surface area contributed by atoms with E-state index in [9.17, 15) is 14.6 Å². The second-order valence-electron chi connectivity index (χ2n) is 4.75. The highest BCUT2D eigenvalue weighted by molar-refractivity contribution is 5.27. The largest absolute Gasteiger partial charge is 0.508 e. The van der Waals surface area contributed by atoms with Crippen LogP contribution in [0.3, 0.4) is 0 Å². The van der Waals surface area contributed by atoms with E-state index in [4.69, 9.17) is 0 Å². The van der Waals surface area contributed by atoms with E-state index >= 15 is 0 Å². The van der Waals surface area contributed by atoms with Crippen LogP contribution >= 0.6 is 0 Å². The van der Waals surface area contributed by atoms with E-state index in [1.807, 2.05) is 6.07 Å². The number of phenols is 1. The Morgan fingerprint density at radius 3 is 2.26 bits per heavy atom. The minimum Gasteiger partial charge on any atom is -0.508 e. The zero-order valence-electron chi connectivity index (χ0n) is 10.6. The first-order valence-corrected chi connectivity index (χ1v) is 6.30. The summed E-state index contributed by atoms with van der Waals surface area (Å²) in [5.74, 6) is 0.0421. The standard InChI is InChI=1S/C16H17FO2/c17-15-6-4-12(5-7-15)8-14(11-18)9-13-2-1-3-16(19)10-13/h1-7,10,14,18-19H,8-9,11H2. The highest BCUT2D eigenvalue weighted by Gasteiger charge is 2.10. The molecule has 2 rings (SSSR count). The van der Waals surface area contributed by atoms with Crippen molar-refractivity contribution in [3.63, 3.8) is 0 Å². The minimum absolute atomic E-state index is 0.0623. The van der Waals surface area contributed by atoms with E-state index in [0.717, 1.165) is 11.1 Å². The Morgan fingerprint density at radius 1 is 0.947 bits per heavy atom. The number of hydrogen-bond donors (Lipinski definition) is 2. The normalized spacial score (nSPS) is 12.3. The molecule has 1 atom stereocenters. The molecule has 1 unspecified atom stereocenters. The van der Waals surface area contributed by atoms with Gasteiger partial charge in [0.05, 0.1) is 0 Å². The molecule has 2 aromatic rings. The molecule has 0 radical (unpaired) electrons. The number of aromatic hydroxyl groups is 1. The molecule has 2 nitrogen and oxygen atoms in total. The molecule has 2 N–H and O–H groups in total. The van der Waals surface area contributed by atoms with Crippen LogP contribution in [0.15, 0.2) is 48.5 Å². The number of rotatable bonds is 5. The van der Waals surface area contributed by atoms with E-state index in [1.54, 1.807) is 30.3 Å². The molecule has 0 bridgehead atoms. The lowest BCUT2D eigenvalue weighted by Crippen LogP contribution is -2.13. The minimum atomic E-state index is -0.253. The molecule has 0 amide bonds. The van der Waals surface area contributed by atoms with E-state index in [1.165, 1.54) is 12.1 Å². The molecular formula is C16H17FO2. The fraction of sp³-hybridized carbons (Fsp3) is 0.250. The number of phenolic OH excluding ortho intramolecular Hbond substituents is 1. The Bertz CT molecular complexity index is 523. The average molecular weight is 260 g/mol. The molecule has 0 aliphatic heterocycles. The van der Waals surface area contributed by atoms with Gasteiger partial charge in [-0.1, -0.05) is 24.3 Å². The van der Waals surface area contributed by atoms with Crippen molar-refractivity contribution in [1.29, 1.82) is 0 Å². The van der Waals surface area contributed by atoms with Crippen molar-refractivity contribution in [3.8, 4) is 5.75 Å². The summed E-state index contributed by atoms with van der Waals surface area (Å²) in [5.41, 5.74) is 1.99. The maximum atomic E-state index is 12.8. The summed E-state index contributed by atoms with van der Waals surface area (Å²) < 4.78 is 12.8. The zero-order chi connectivity index (χ0) is 13.7. The van der Waals surface area contributed by atoms with Crippen LogP contribution in [0.5, 0.6) is 5.75 Å². The summed E-state index contributed by atoms with van der Waals surface area (Å²) in [7, 11) is 0. The molecule has 100 valence electrons. The van der Waals surface area contributed by atoms with Gasteiger partial charge in [0, 0.05) is 6.61 Å². The van der Waals surface area contributed by atoms with Crippen LogP contribution in [-0.2, 0) is 12.8 Å². The van der Waals surface area contributed by atoms with Crippen molar-refractivity contribution in [3.05, 3.63) is 65.5 Å². The van der Waals surface area contributed by atoms with Crippen molar-refractivity contribution in [1.82, 2.24) is 0 Å². The molecule has 0 aliphatic rings. The van der Waals surface area contributed by atoms with Crippen molar-refractivity contribution in [2.75, 3.05) is 6.61 Å². The fourth-order valence-electron chi connectivity index (χ4n) is 2.17. The third kappa shape index (κ3) is 4.07. The number of halogens is 1. The lowest BCUT2D eigenvalue weighted by Gasteiger charge is -2.14. The van der Waals surface area contributed by atoms with Crippen LogP contribution in [0.1, 0.15) is 11.1 Å². The lowest BCUT2D eigenvalue weighted by molar-refractivity contribution is 0.225. The molecular weight excluding hydrogens is 243 g/mol. The smallest absolute Gasteiger partial charge is 0.123 e. The lowest BCUT2D eigenvalue weighted by atomic mass is 9.93. The molecule has 0 aromatic heterocycles. The molecule has 0 fully saturated rings. The van der Waals surface area contributed by atoms with Crippen molar-refractivity contribution in [2.45, 2.75) is 12.8 Å². The second-order valence-corrected chi connectivity index (χ2v) is 4.75. The fourth-order valence-corrected chi connectivity index (χ4v) is 2.17. The van der Waals surface area contributed by atoms with Crippen LogP contribution < -0.4 is 0 Å². The zero-order valence-corrected chi connectivity index (χ0v) is 10.6. The van der Waals surface area contributed by atoms with Crippen molar-refractivity contribution in [2.24, 2.45) is 5.92 Å². The van der Waals surface area contributed by atoms with Gasteiger partial charge < -0.3 is 10.2 Å². The molecule has 3 heteroatoms. The van der Waals surface area contributed by atoms with E-state index in [2.05, 4.69) is 0 Å². The van der Waals surface area contributed by atoms with Crippen LogP contribution in [0.4, 0.5) is 4.39 Å². The highest BCUT2D eigenvalue weighted by Crippen LogP contribution is 2.18. The first kappa shape index (κ1) is 13.6. The van der Waals surface area contributed by atoms with Gasteiger partial charge in [-0.25, -0.2) is 4.39 Å². The maximum Gasteiger partial charge on any atom is 0.123 e. The Kier molecular flexibility index (Phi) is 4.53. The molecule has 19 heavy (non-hydrogen) atoms. The first-order valence-electron chi connectivity index (χ1n) is 6.30. The second kappa shape index (κ2) is 6.34. The van der Waals surface area contributed by atoms with E-state index in [-0.39, 0.29) is 24.1 Å². The summed E-state index contributed by atoms with van der Waals surface area (Å²) in [6.07, 6.45) is 1.37. The molecule has 0 spiro atoms. The SMILES string of the molecule is OCC(Cc1ccc(F)cc1)Cc1cccc(O)c1. The monoisotopic (exact) mass is 260 g/mol. The topological polar surface area (TPSA) is 40.5 Å². The molecule has 0 saturated heterocycles. The average Bonchev–Trinajstić information content (AvgIpc) is 2.40. The Balaban J connectivity index is 2.02. The van der Waals surface area contributed by atoms with Gasteiger partial charge in [-0.2, -0.15) is 0 Å². The third-order valence-electron chi connectivity index (χ3n) is 3.13. The summed E-state index contributed by atoms with van der Waals surface area (Å²) in [6.45, 7) is 0.0625.